The number of pyridine rings is 1. The Labute approximate surface area is 169 Å². The van der Waals surface area contributed by atoms with Crippen molar-refractivity contribution in [2.24, 2.45) is 7.05 Å². The quantitative estimate of drug-likeness (QED) is 0.719. The third-order valence-corrected chi connectivity index (χ3v) is 6.10. The Kier molecular flexibility index (Phi) is 5.64. The van der Waals surface area contributed by atoms with Crippen molar-refractivity contribution in [3.8, 4) is 0 Å². The third-order valence-electron chi connectivity index (χ3n) is 5.16. The lowest BCUT2D eigenvalue weighted by Crippen LogP contribution is -2.34. The molecule has 4 rings (SSSR count). The molecule has 1 fully saturated rings. The van der Waals surface area contributed by atoms with E-state index < -0.39 is 0 Å². The topological polar surface area (TPSA) is 63.1 Å². The van der Waals surface area contributed by atoms with Crippen molar-refractivity contribution in [3.63, 3.8) is 0 Å². The summed E-state index contributed by atoms with van der Waals surface area (Å²) in [5.41, 5.74) is 4.29. The van der Waals surface area contributed by atoms with Gasteiger partial charge in [0.25, 0.3) is 5.91 Å². The van der Waals surface area contributed by atoms with E-state index in [9.17, 15) is 4.79 Å². The van der Waals surface area contributed by atoms with Crippen molar-refractivity contribution in [1.29, 1.82) is 0 Å². The Bertz CT molecular complexity index is 976. The normalized spacial score (nSPS) is 15.1. The van der Waals surface area contributed by atoms with Gasteiger partial charge in [0, 0.05) is 55.5 Å². The van der Waals surface area contributed by atoms with Crippen LogP contribution < -0.4 is 5.32 Å². The zero-order chi connectivity index (χ0) is 19.5. The van der Waals surface area contributed by atoms with Crippen molar-refractivity contribution < 1.29 is 4.79 Å². The number of amides is 1. The first kappa shape index (κ1) is 19.0. The lowest BCUT2D eigenvalue weighted by molar-refractivity contribution is 0.102. The second kappa shape index (κ2) is 8.32. The molecule has 0 saturated carbocycles. The highest BCUT2D eigenvalue weighted by Crippen LogP contribution is 2.18. The fraction of sp³-hybridized carbons (Fsp3) is 0.381. The molecule has 7 heteroatoms. The van der Waals surface area contributed by atoms with Gasteiger partial charge in [-0.2, -0.15) is 16.9 Å². The van der Waals surface area contributed by atoms with Crippen molar-refractivity contribution in [1.82, 2.24) is 19.7 Å². The predicted molar refractivity (Wildman–Crippen MR) is 115 cm³/mol. The van der Waals surface area contributed by atoms with Crippen LogP contribution >= 0.6 is 11.8 Å². The molecule has 28 heavy (non-hydrogen) atoms. The third kappa shape index (κ3) is 4.20. The number of benzene rings is 1. The van der Waals surface area contributed by atoms with E-state index in [2.05, 4.69) is 32.4 Å². The number of nitrogens with one attached hydrogen (secondary N) is 1. The molecule has 1 aliphatic heterocycles. The van der Waals surface area contributed by atoms with Crippen molar-refractivity contribution in [3.05, 3.63) is 53.3 Å². The number of carbonyl (C=O) groups is 1. The van der Waals surface area contributed by atoms with Crippen molar-refractivity contribution >= 4 is 34.4 Å². The highest BCUT2D eigenvalue weighted by molar-refractivity contribution is 7.99. The van der Waals surface area contributed by atoms with Gasteiger partial charge in [-0.25, -0.2) is 4.98 Å². The molecule has 3 heterocycles. The van der Waals surface area contributed by atoms with E-state index in [1.54, 1.807) is 10.9 Å². The van der Waals surface area contributed by atoms with E-state index in [0.717, 1.165) is 35.4 Å². The summed E-state index contributed by atoms with van der Waals surface area (Å²) in [5.74, 6) is 2.32. The Balaban J connectivity index is 1.38. The van der Waals surface area contributed by atoms with E-state index in [1.165, 1.54) is 30.2 Å². The monoisotopic (exact) mass is 395 g/mol. The Hall–Kier alpha value is -2.38. The summed E-state index contributed by atoms with van der Waals surface area (Å²) in [7, 11) is 1.86. The number of aromatic nitrogens is 3. The van der Waals surface area contributed by atoms with Gasteiger partial charge in [0.1, 0.15) is 0 Å². The van der Waals surface area contributed by atoms with E-state index in [1.807, 2.05) is 43.9 Å². The molecule has 1 aliphatic rings. The zero-order valence-corrected chi connectivity index (χ0v) is 17.1. The molecule has 0 radical (unpaired) electrons. The summed E-state index contributed by atoms with van der Waals surface area (Å²) in [6.07, 6.45) is 2.64. The van der Waals surface area contributed by atoms with Gasteiger partial charge in [-0.1, -0.05) is 12.1 Å². The average Bonchev–Trinajstić information content (AvgIpc) is 3.01. The summed E-state index contributed by atoms with van der Waals surface area (Å²) >= 11 is 2.04. The van der Waals surface area contributed by atoms with Crippen LogP contribution in [0.1, 0.15) is 21.6 Å². The van der Waals surface area contributed by atoms with Gasteiger partial charge in [0.15, 0.2) is 5.65 Å². The van der Waals surface area contributed by atoms with Crippen LogP contribution in [0.3, 0.4) is 0 Å². The van der Waals surface area contributed by atoms with Gasteiger partial charge in [0.2, 0.25) is 0 Å². The average molecular weight is 396 g/mol. The molecule has 1 aromatic carbocycles. The molecule has 3 aromatic rings. The second-order valence-electron chi connectivity index (χ2n) is 7.16. The lowest BCUT2D eigenvalue weighted by atomic mass is 10.1. The highest BCUT2D eigenvalue weighted by Gasteiger charge is 2.13. The van der Waals surface area contributed by atoms with Gasteiger partial charge >= 0.3 is 0 Å². The van der Waals surface area contributed by atoms with Gasteiger partial charge in [0.05, 0.1) is 11.3 Å². The number of carbonyl (C=O) groups excluding carboxylic acids is 1. The number of nitrogens with zero attached hydrogens (tertiary/aromatic N) is 4. The summed E-state index contributed by atoms with van der Waals surface area (Å²) in [5, 5.41) is 8.22. The molecule has 0 spiro atoms. The standard InChI is InChI=1S/C21H25N5OS/c1-15-19-13-17(14-22-20(19)25(2)24-15)21(27)23-18-5-3-16(4-6-18)7-8-26-9-11-28-12-10-26/h3-6,13-14H,7-12H2,1-2H3,(H,23,27). The molecule has 6 nitrogen and oxygen atoms in total. The molecule has 1 N–H and O–H groups in total. The lowest BCUT2D eigenvalue weighted by Gasteiger charge is -2.26. The molecule has 0 aliphatic carbocycles. The molecule has 2 aromatic heterocycles. The molecule has 1 amide bonds. The fourth-order valence-electron chi connectivity index (χ4n) is 3.50. The van der Waals surface area contributed by atoms with Gasteiger partial charge in [-0.15, -0.1) is 0 Å². The van der Waals surface area contributed by atoms with Gasteiger partial charge in [-0.3, -0.25) is 9.48 Å². The van der Waals surface area contributed by atoms with Crippen molar-refractivity contribution in [2.75, 3.05) is 36.5 Å². The van der Waals surface area contributed by atoms with E-state index in [0.29, 0.717) is 5.56 Å². The largest absolute Gasteiger partial charge is 0.322 e. The number of thioether (sulfide) groups is 1. The Morgan fingerprint density at radius 2 is 1.96 bits per heavy atom. The van der Waals surface area contributed by atoms with Crippen LogP contribution in [0.2, 0.25) is 0 Å². The molecule has 1 saturated heterocycles. The van der Waals surface area contributed by atoms with E-state index in [-0.39, 0.29) is 5.91 Å². The minimum atomic E-state index is -0.156. The van der Waals surface area contributed by atoms with Crippen LogP contribution in [-0.2, 0) is 13.5 Å². The smallest absolute Gasteiger partial charge is 0.257 e. The summed E-state index contributed by atoms with van der Waals surface area (Å²) in [4.78, 5) is 19.5. The van der Waals surface area contributed by atoms with Crippen LogP contribution in [0, 0.1) is 6.92 Å². The zero-order valence-electron chi connectivity index (χ0n) is 16.3. The SMILES string of the molecule is Cc1nn(C)c2ncc(C(=O)Nc3ccc(CCN4CCSCC4)cc3)cc12. The van der Waals surface area contributed by atoms with Crippen LogP contribution in [-0.4, -0.2) is 56.7 Å². The van der Waals surface area contributed by atoms with Crippen molar-refractivity contribution in [2.45, 2.75) is 13.3 Å². The van der Waals surface area contributed by atoms with Crippen LogP contribution in [0.15, 0.2) is 36.5 Å². The first-order valence-electron chi connectivity index (χ1n) is 9.60. The number of rotatable bonds is 5. The fourth-order valence-corrected chi connectivity index (χ4v) is 4.48. The predicted octanol–water partition coefficient (Wildman–Crippen LogP) is 3.12. The van der Waals surface area contributed by atoms with Crippen LogP contribution in [0.5, 0.6) is 0 Å². The van der Waals surface area contributed by atoms with Crippen LogP contribution in [0.4, 0.5) is 5.69 Å². The maximum atomic E-state index is 12.6. The first-order valence-corrected chi connectivity index (χ1v) is 10.8. The first-order chi connectivity index (χ1) is 13.6. The maximum Gasteiger partial charge on any atom is 0.257 e. The number of anilines is 1. The van der Waals surface area contributed by atoms with Crippen LogP contribution in [0.25, 0.3) is 11.0 Å². The number of fused-ring (bicyclic) bond motifs is 1. The summed E-state index contributed by atoms with van der Waals surface area (Å²) < 4.78 is 1.73. The van der Waals surface area contributed by atoms with Gasteiger partial charge < -0.3 is 10.2 Å². The van der Waals surface area contributed by atoms with E-state index in [4.69, 9.17) is 0 Å². The molecule has 0 atom stereocenters. The highest BCUT2D eigenvalue weighted by atomic mass is 32.2. The molecule has 0 unspecified atom stereocenters. The second-order valence-corrected chi connectivity index (χ2v) is 8.38. The number of hydrogen-bond acceptors (Lipinski definition) is 5. The molecular formula is C21H25N5OS. The minimum absolute atomic E-state index is 0.156. The molecule has 146 valence electrons. The van der Waals surface area contributed by atoms with E-state index >= 15 is 0 Å². The van der Waals surface area contributed by atoms with Gasteiger partial charge in [-0.05, 0) is 37.1 Å². The number of hydrogen-bond donors (Lipinski definition) is 1. The molecular weight excluding hydrogens is 370 g/mol. The molecule has 0 bridgehead atoms. The Morgan fingerprint density at radius 1 is 1.21 bits per heavy atom. The number of aryl methyl sites for hydroxylation is 2. The Morgan fingerprint density at radius 3 is 2.71 bits per heavy atom. The maximum absolute atomic E-state index is 12.6. The minimum Gasteiger partial charge on any atom is -0.322 e. The summed E-state index contributed by atoms with van der Waals surface area (Å²) in [6, 6.07) is 9.99. The summed E-state index contributed by atoms with van der Waals surface area (Å²) in [6.45, 7) is 5.40.